The van der Waals surface area contributed by atoms with Gasteiger partial charge in [0.1, 0.15) is 25.3 Å². The molecule has 6 aromatic heterocycles. The highest BCUT2D eigenvalue weighted by atomic mass is 16.5. The summed E-state index contributed by atoms with van der Waals surface area (Å²) in [4.78, 5) is 61.7. The minimum Gasteiger partial charge on any atom is -0.462 e. The van der Waals surface area contributed by atoms with Crippen molar-refractivity contribution in [1.29, 1.82) is 0 Å². The van der Waals surface area contributed by atoms with E-state index >= 15 is 0 Å². The number of imidazole rings is 2. The average Bonchev–Trinajstić information content (AvgIpc) is 4.27. The van der Waals surface area contributed by atoms with Gasteiger partial charge in [0.05, 0.1) is 36.1 Å². The Hall–Kier alpha value is -8.10. The number of fused-ring (bicyclic) bond motifs is 2. The second kappa shape index (κ2) is 28.0. The highest BCUT2D eigenvalue weighted by Gasteiger charge is 2.23. The number of hydrogen-bond donors (Lipinski definition) is 6. The summed E-state index contributed by atoms with van der Waals surface area (Å²) in [6.07, 6.45) is 9.16. The Kier molecular flexibility index (Phi) is 20.7. The van der Waals surface area contributed by atoms with Crippen molar-refractivity contribution >= 4 is 57.8 Å². The van der Waals surface area contributed by atoms with Crippen molar-refractivity contribution in [2.45, 2.75) is 138 Å². The molecule has 0 radical (unpaired) electrons. The van der Waals surface area contributed by atoms with Gasteiger partial charge in [-0.3, -0.25) is 19.6 Å². The fourth-order valence-corrected chi connectivity index (χ4v) is 8.32. The van der Waals surface area contributed by atoms with E-state index in [-0.39, 0.29) is 49.3 Å². The summed E-state index contributed by atoms with van der Waals surface area (Å²) in [6, 6.07) is 27.0. The number of hydrogen-bond acceptors (Lipinski definition) is 18. The Labute approximate surface area is 463 Å². The molecule has 0 aliphatic carbocycles. The molecule has 8 N–H and O–H groups in total. The third kappa shape index (κ3) is 16.0. The van der Waals surface area contributed by atoms with Crippen LogP contribution in [0.15, 0.2) is 110 Å². The lowest BCUT2D eigenvalue weighted by molar-refractivity contribution is -0.147. The fourth-order valence-electron chi connectivity index (χ4n) is 8.32. The van der Waals surface area contributed by atoms with Gasteiger partial charge in [-0.1, -0.05) is 102 Å². The van der Waals surface area contributed by atoms with Crippen molar-refractivity contribution < 1.29 is 19.1 Å². The fraction of sp³-hybridized carbons (Fsp3) is 0.424. The van der Waals surface area contributed by atoms with Gasteiger partial charge in [-0.05, 0) is 94.2 Å². The Morgan fingerprint density at radius 3 is 1.35 bits per heavy atom. The van der Waals surface area contributed by atoms with E-state index in [1.807, 2.05) is 87.1 Å². The molecule has 8 rings (SSSR count). The molecule has 4 atom stereocenters. The number of ether oxygens (including phenoxy) is 2. The van der Waals surface area contributed by atoms with Crippen LogP contribution < -0.4 is 32.7 Å². The van der Waals surface area contributed by atoms with Crippen LogP contribution in [0.2, 0.25) is 0 Å². The second-order valence-corrected chi connectivity index (χ2v) is 20.9. The van der Waals surface area contributed by atoms with E-state index < -0.39 is 18.1 Å². The largest absolute Gasteiger partial charge is 0.462 e. The van der Waals surface area contributed by atoms with Crippen molar-refractivity contribution in [3.8, 4) is 22.5 Å². The molecule has 0 saturated carbocycles. The number of anilines is 4. The average molecular weight is 1080 g/mol. The van der Waals surface area contributed by atoms with E-state index in [9.17, 15) is 9.59 Å². The second-order valence-electron chi connectivity index (χ2n) is 20.9. The summed E-state index contributed by atoms with van der Waals surface area (Å²) >= 11 is 0. The van der Waals surface area contributed by atoms with E-state index in [1.165, 1.54) is 0 Å². The maximum absolute atomic E-state index is 12.4. The van der Waals surface area contributed by atoms with Crippen LogP contribution in [0.4, 0.5) is 23.5 Å². The number of aromatic nitrogens is 10. The van der Waals surface area contributed by atoms with Gasteiger partial charge >= 0.3 is 11.9 Å². The number of nitrogens with zero attached hydrogens (tertiary/aromatic N) is 10. The minimum atomic E-state index is -0.649. The third-order valence-electron chi connectivity index (χ3n) is 13.2. The molecule has 0 bridgehead atoms. The third-order valence-corrected chi connectivity index (χ3v) is 13.2. The SMILES string of the molecule is CC[C@@H](COC(=O)C(N)C(C)C)Nc1nc(NCc2ccc(-c3ccccn3)cc2)c2ncn(C(C)C)c2n1.CC[C@@H](COC(=O)C(N)CC(C)C)Nc1nc(NCc2ccc(-c3ccccn3)cc2)c2ncn(C(C)C)c2n1. The first kappa shape index (κ1) is 58.6. The van der Waals surface area contributed by atoms with Crippen molar-refractivity contribution in [2.75, 3.05) is 34.5 Å². The number of esters is 2. The molecule has 20 nitrogen and oxygen atoms in total. The topological polar surface area (TPSA) is 266 Å². The Morgan fingerprint density at radius 1 is 0.557 bits per heavy atom. The van der Waals surface area contributed by atoms with Gasteiger partial charge < -0.3 is 51.3 Å². The molecular weight excluding hydrogens is 997 g/mol. The summed E-state index contributed by atoms with van der Waals surface area (Å²) in [5.41, 5.74) is 21.0. The number of pyridine rings is 2. The van der Waals surface area contributed by atoms with Crippen molar-refractivity contribution in [3.05, 3.63) is 121 Å². The minimum absolute atomic E-state index is 0.00689. The molecule has 0 fully saturated rings. The molecule has 0 aliphatic rings. The zero-order chi connectivity index (χ0) is 56.6. The Morgan fingerprint density at radius 2 is 0.987 bits per heavy atom. The molecule has 8 aromatic rings. The molecule has 0 amide bonds. The van der Waals surface area contributed by atoms with Gasteiger partial charge in [0, 0.05) is 48.7 Å². The molecule has 6 heterocycles. The summed E-state index contributed by atoms with van der Waals surface area (Å²) in [5, 5.41) is 13.6. The van der Waals surface area contributed by atoms with Crippen LogP contribution in [0.1, 0.15) is 112 Å². The van der Waals surface area contributed by atoms with Gasteiger partial charge in [0.25, 0.3) is 0 Å². The van der Waals surface area contributed by atoms with Crippen LogP contribution in [0.5, 0.6) is 0 Å². The summed E-state index contributed by atoms with van der Waals surface area (Å²) < 4.78 is 15.0. The molecule has 79 heavy (non-hydrogen) atoms. The van der Waals surface area contributed by atoms with Crippen molar-refractivity contribution in [2.24, 2.45) is 23.3 Å². The number of nitrogens with two attached hydrogens (primary N) is 2. The monoisotopic (exact) mass is 1070 g/mol. The van der Waals surface area contributed by atoms with Crippen molar-refractivity contribution in [1.82, 2.24) is 49.0 Å². The highest BCUT2D eigenvalue weighted by molar-refractivity contribution is 5.85. The van der Waals surface area contributed by atoms with E-state index in [0.717, 1.165) is 44.9 Å². The van der Waals surface area contributed by atoms with Gasteiger partial charge in [0.15, 0.2) is 34.0 Å². The Balaban J connectivity index is 0.000000229. The number of carbonyl (C=O) groups excluding carboxylic acids is 2. The van der Waals surface area contributed by atoms with Crippen LogP contribution in [-0.4, -0.2) is 98.3 Å². The standard InChI is InChI=1S/C30H40N8O2.C29H38N8O2/c1-6-23(17-40-29(39)24(31)15-19(2)3)35-30-36-27(26-28(37-30)38(18-34-26)20(4)5)33-16-21-10-12-22(13-11-21)25-9-7-8-14-32-25;1-6-22(16-39-28(38)24(30)18(2)3)34-29-35-26(25-27(36-29)37(17-33-25)19(4)5)32-15-20-10-12-21(13-11-20)23-9-7-8-14-31-23/h7-14,18-20,23-24H,6,15-17,31H2,1-5H3,(H2,33,35,36,37);7-14,17-19,22,24H,6,15-16,30H2,1-5H3,(H2,32,34,35,36)/t23-,24?;22-,24?/m00/s1. The first-order valence-corrected chi connectivity index (χ1v) is 27.4. The van der Waals surface area contributed by atoms with Gasteiger partial charge in [0.2, 0.25) is 11.9 Å². The van der Waals surface area contributed by atoms with Crippen LogP contribution in [0, 0.1) is 11.8 Å². The number of benzene rings is 2. The van der Waals surface area contributed by atoms with Gasteiger partial charge in [-0.25, -0.2) is 9.97 Å². The van der Waals surface area contributed by atoms with Crippen LogP contribution in [0.25, 0.3) is 44.8 Å². The molecule has 0 spiro atoms. The molecule has 0 saturated heterocycles. The van der Waals surface area contributed by atoms with E-state index in [4.69, 9.17) is 40.9 Å². The lowest BCUT2D eigenvalue weighted by atomic mass is 10.1. The maximum Gasteiger partial charge on any atom is 0.323 e. The summed E-state index contributed by atoms with van der Waals surface area (Å²) in [7, 11) is 0. The van der Waals surface area contributed by atoms with Crippen LogP contribution in [0.3, 0.4) is 0 Å². The zero-order valence-corrected chi connectivity index (χ0v) is 47.2. The van der Waals surface area contributed by atoms with Gasteiger partial charge in [-0.15, -0.1) is 0 Å². The van der Waals surface area contributed by atoms with Gasteiger partial charge in [-0.2, -0.15) is 19.9 Å². The molecule has 2 unspecified atom stereocenters. The lowest BCUT2D eigenvalue weighted by Gasteiger charge is -2.20. The van der Waals surface area contributed by atoms with E-state index in [1.54, 1.807) is 25.0 Å². The molecule has 418 valence electrons. The summed E-state index contributed by atoms with van der Waals surface area (Å²) in [6.45, 7) is 21.7. The molecule has 20 heteroatoms. The quantitative estimate of drug-likeness (QED) is 0.0291. The normalized spacial score (nSPS) is 13.0. The predicted octanol–water partition coefficient (Wildman–Crippen LogP) is 9.99. The smallest absolute Gasteiger partial charge is 0.323 e. The lowest BCUT2D eigenvalue weighted by Crippen LogP contribution is -2.39. The molecule has 2 aromatic carbocycles. The first-order valence-electron chi connectivity index (χ1n) is 27.4. The van der Waals surface area contributed by atoms with E-state index in [2.05, 4.69) is 117 Å². The van der Waals surface area contributed by atoms with Crippen LogP contribution in [-0.2, 0) is 32.2 Å². The van der Waals surface area contributed by atoms with Crippen molar-refractivity contribution in [3.63, 3.8) is 0 Å². The molecular formula is C59H78N16O4. The predicted molar refractivity (Wildman–Crippen MR) is 313 cm³/mol. The molecule has 0 aliphatic heterocycles. The van der Waals surface area contributed by atoms with E-state index in [0.29, 0.717) is 72.8 Å². The highest BCUT2D eigenvalue weighted by Crippen LogP contribution is 2.27. The zero-order valence-electron chi connectivity index (χ0n) is 47.2. The summed E-state index contributed by atoms with van der Waals surface area (Å²) in [5.74, 6) is 1.67. The number of carbonyl (C=O) groups is 2. The number of nitrogens with one attached hydrogen (secondary N) is 4. The first-order chi connectivity index (χ1) is 38.0. The Bertz CT molecular complexity index is 3180. The van der Waals surface area contributed by atoms with Crippen LogP contribution >= 0.6 is 0 Å². The maximum atomic E-state index is 12.4. The number of rotatable bonds is 25.